The van der Waals surface area contributed by atoms with Crippen molar-refractivity contribution in [1.82, 2.24) is 0 Å². The molecular weight excluding hydrogens is 200 g/mol. The zero-order chi connectivity index (χ0) is 9.26. The second-order valence-electron chi connectivity index (χ2n) is 3.49. The van der Waals surface area contributed by atoms with Crippen LogP contribution in [0.25, 0.3) is 5.57 Å². The van der Waals surface area contributed by atoms with Gasteiger partial charge in [0.15, 0.2) is 0 Å². The summed E-state index contributed by atoms with van der Waals surface area (Å²) >= 11 is 7.92. The molecule has 0 radical (unpaired) electrons. The van der Waals surface area contributed by atoms with Gasteiger partial charge in [-0.2, -0.15) is 0 Å². The van der Waals surface area contributed by atoms with Crippen LogP contribution in [0.4, 0.5) is 0 Å². The second-order valence-corrected chi connectivity index (χ2v) is 5.17. The molecule has 2 rings (SSSR count). The molecule has 0 spiro atoms. The first-order valence-electron chi connectivity index (χ1n) is 4.66. The van der Waals surface area contributed by atoms with Gasteiger partial charge in [0.05, 0.1) is 5.38 Å². The van der Waals surface area contributed by atoms with Gasteiger partial charge in [0.1, 0.15) is 0 Å². The highest BCUT2D eigenvalue weighted by atomic mass is 35.5. The Hall–Kier alpha value is -0.270. The van der Waals surface area contributed by atoms with Crippen LogP contribution in [0.5, 0.6) is 0 Å². The van der Waals surface area contributed by atoms with Gasteiger partial charge < -0.3 is 0 Å². The molecule has 0 aliphatic heterocycles. The summed E-state index contributed by atoms with van der Waals surface area (Å²) in [7, 11) is 0. The number of allylic oxidation sites excluding steroid dienone is 2. The molecule has 1 aliphatic carbocycles. The third-order valence-electron chi connectivity index (χ3n) is 2.51. The second kappa shape index (κ2) is 3.85. The average molecular weight is 213 g/mol. The lowest BCUT2D eigenvalue weighted by atomic mass is 9.94. The predicted octanol–water partition coefficient (Wildman–Crippen LogP) is 4.23. The Morgan fingerprint density at radius 3 is 3.00 bits per heavy atom. The van der Waals surface area contributed by atoms with E-state index in [1.807, 2.05) is 11.3 Å². The minimum Gasteiger partial charge on any atom is -0.149 e. The van der Waals surface area contributed by atoms with Crippen molar-refractivity contribution in [3.8, 4) is 0 Å². The van der Waals surface area contributed by atoms with Crippen LogP contribution in [-0.4, -0.2) is 5.38 Å². The van der Waals surface area contributed by atoms with Gasteiger partial charge >= 0.3 is 0 Å². The molecule has 0 amide bonds. The number of alkyl halides is 1. The molecule has 0 saturated heterocycles. The molecule has 1 unspecified atom stereocenters. The van der Waals surface area contributed by atoms with Crippen LogP contribution in [0.3, 0.4) is 0 Å². The molecule has 0 aromatic carbocycles. The smallest absolute Gasteiger partial charge is 0.0522 e. The Balaban J connectivity index is 2.30. The van der Waals surface area contributed by atoms with Gasteiger partial charge in [-0.15, -0.1) is 22.9 Å². The van der Waals surface area contributed by atoms with Gasteiger partial charge in [0.2, 0.25) is 0 Å². The number of halogens is 1. The molecule has 0 bridgehead atoms. The lowest BCUT2D eigenvalue weighted by Crippen LogP contribution is -2.02. The molecule has 2 heteroatoms. The number of rotatable bonds is 1. The number of aryl methyl sites for hydroxylation is 1. The van der Waals surface area contributed by atoms with E-state index in [1.54, 1.807) is 0 Å². The zero-order valence-corrected chi connectivity index (χ0v) is 9.29. The largest absolute Gasteiger partial charge is 0.149 e. The minimum atomic E-state index is 0.253. The first-order valence-corrected chi connectivity index (χ1v) is 5.98. The van der Waals surface area contributed by atoms with Crippen LogP contribution >= 0.6 is 22.9 Å². The Morgan fingerprint density at radius 1 is 1.54 bits per heavy atom. The van der Waals surface area contributed by atoms with Crippen molar-refractivity contribution >= 4 is 28.5 Å². The van der Waals surface area contributed by atoms with E-state index in [-0.39, 0.29) is 5.38 Å². The van der Waals surface area contributed by atoms with Gasteiger partial charge in [0.25, 0.3) is 0 Å². The highest BCUT2D eigenvalue weighted by molar-refractivity contribution is 7.10. The lowest BCUT2D eigenvalue weighted by molar-refractivity contribution is 0.747. The fourth-order valence-electron chi connectivity index (χ4n) is 1.82. The molecule has 1 heterocycles. The summed E-state index contributed by atoms with van der Waals surface area (Å²) in [6.45, 7) is 2.18. The Kier molecular flexibility index (Phi) is 2.75. The van der Waals surface area contributed by atoms with E-state index in [4.69, 9.17) is 11.6 Å². The quantitative estimate of drug-likeness (QED) is 0.612. The number of hydrogen-bond acceptors (Lipinski definition) is 1. The number of thiophene rings is 1. The zero-order valence-electron chi connectivity index (χ0n) is 7.72. The summed E-state index contributed by atoms with van der Waals surface area (Å²) in [5.74, 6) is 0. The minimum absolute atomic E-state index is 0.253. The predicted molar refractivity (Wildman–Crippen MR) is 60.5 cm³/mol. The van der Waals surface area contributed by atoms with Crippen LogP contribution in [0.15, 0.2) is 17.5 Å². The molecule has 0 N–H and O–H groups in total. The summed E-state index contributed by atoms with van der Waals surface area (Å²) in [6, 6.07) is 2.21. The first kappa shape index (κ1) is 9.29. The van der Waals surface area contributed by atoms with Gasteiger partial charge in [-0.25, -0.2) is 0 Å². The van der Waals surface area contributed by atoms with Crippen molar-refractivity contribution in [2.45, 2.75) is 31.6 Å². The molecule has 0 fully saturated rings. The Bertz CT molecular complexity index is 325. The van der Waals surface area contributed by atoms with E-state index in [1.165, 1.54) is 28.9 Å². The van der Waals surface area contributed by atoms with E-state index < -0.39 is 0 Å². The van der Waals surface area contributed by atoms with E-state index in [9.17, 15) is 0 Å². The van der Waals surface area contributed by atoms with Crippen LogP contribution in [-0.2, 0) is 0 Å². The lowest BCUT2D eigenvalue weighted by Gasteiger charge is -2.16. The molecule has 1 aromatic rings. The summed E-state index contributed by atoms with van der Waals surface area (Å²) in [5, 5.41) is 2.41. The standard InChI is InChI=1S/C11H13ClS/c1-8-11(5-6-13-8)9-3-2-4-10(12)7-9/h5-7,10H,2-4H2,1H3. The third-order valence-corrected chi connectivity index (χ3v) is 3.70. The summed E-state index contributed by atoms with van der Waals surface area (Å²) in [4.78, 5) is 1.41. The summed E-state index contributed by atoms with van der Waals surface area (Å²) in [6.07, 6.45) is 5.78. The van der Waals surface area contributed by atoms with Gasteiger partial charge in [-0.1, -0.05) is 6.08 Å². The third kappa shape index (κ3) is 1.97. The Morgan fingerprint density at radius 2 is 2.38 bits per heavy atom. The molecular formula is C11H13ClS. The van der Waals surface area contributed by atoms with E-state index in [0.29, 0.717) is 0 Å². The monoisotopic (exact) mass is 212 g/mol. The highest BCUT2D eigenvalue weighted by Gasteiger charge is 2.13. The van der Waals surface area contributed by atoms with Crippen molar-refractivity contribution in [3.63, 3.8) is 0 Å². The van der Waals surface area contributed by atoms with Crippen LogP contribution in [0.2, 0.25) is 0 Å². The first-order chi connectivity index (χ1) is 6.27. The SMILES string of the molecule is Cc1sccc1C1=CC(Cl)CCC1. The average Bonchev–Trinajstić information content (AvgIpc) is 2.51. The molecule has 0 nitrogen and oxygen atoms in total. The van der Waals surface area contributed by atoms with Crippen molar-refractivity contribution in [1.29, 1.82) is 0 Å². The molecule has 70 valence electrons. The maximum Gasteiger partial charge on any atom is 0.0522 e. The summed E-state index contributed by atoms with van der Waals surface area (Å²) < 4.78 is 0. The van der Waals surface area contributed by atoms with Crippen molar-refractivity contribution in [3.05, 3.63) is 28.0 Å². The highest BCUT2D eigenvalue weighted by Crippen LogP contribution is 2.32. The fraction of sp³-hybridized carbons (Fsp3) is 0.455. The maximum atomic E-state index is 6.11. The molecule has 1 aromatic heterocycles. The van der Waals surface area contributed by atoms with Crippen molar-refractivity contribution < 1.29 is 0 Å². The molecule has 1 atom stereocenters. The molecule has 13 heavy (non-hydrogen) atoms. The van der Waals surface area contributed by atoms with Crippen LogP contribution in [0.1, 0.15) is 29.7 Å². The van der Waals surface area contributed by atoms with Gasteiger partial charge in [-0.3, -0.25) is 0 Å². The van der Waals surface area contributed by atoms with Crippen LogP contribution < -0.4 is 0 Å². The fourth-order valence-corrected chi connectivity index (χ4v) is 2.86. The summed E-state index contributed by atoms with van der Waals surface area (Å²) in [5.41, 5.74) is 2.86. The topological polar surface area (TPSA) is 0 Å². The molecule has 0 saturated carbocycles. The van der Waals surface area contributed by atoms with Crippen LogP contribution in [0, 0.1) is 6.92 Å². The van der Waals surface area contributed by atoms with Crippen molar-refractivity contribution in [2.24, 2.45) is 0 Å². The van der Waals surface area contributed by atoms with E-state index >= 15 is 0 Å². The van der Waals surface area contributed by atoms with E-state index in [0.717, 1.165) is 6.42 Å². The van der Waals surface area contributed by atoms with Crippen molar-refractivity contribution in [2.75, 3.05) is 0 Å². The normalized spacial score (nSPS) is 22.9. The maximum absolute atomic E-state index is 6.11. The van der Waals surface area contributed by atoms with Gasteiger partial charge in [0, 0.05) is 4.88 Å². The molecule has 1 aliphatic rings. The van der Waals surface area contributed by atoms with Gasteiger partial charge in [-0.05, 0) is 48.8 Å². The number of hydrogen-bond donors (Lipinski definition) is 0. The Labute approximate surface area is 88.2 Å². The van der Waals surface area contributed by atoms with E-state index in [2.05, 4.69) is 24.4 Å².